The highest BCUT2D eigenvalue weighted by atomic mass is 35.5. The van der Waals surface area contributed by atoms with E-state index >= 15 is 0 Å². The van der Waals surface area contributed by atoms with Crippen molar-refractivity contribution in [2.45, 2.75) is 12.5 Å². The third-order valence-corrected chi connectivity index (χ3v) is 3.25. The largest absolute Gasteiger partial charge is 0.388 e. The zero-order valence-electron chi connectivity index (χ0n) is 9.41. The smallest absolute Gasteiger partial charge is 0.123 e. The summed E-state index contributed by atoms with van der Waals surface area (Å²) >= 11 is 11.8. The lowest BCUT2D eigenvalue weighted by Crippen LogP contribution is -2.02. The van der Waals surface area contributed by atoms with Crippen LogP contribution in [0.3, 0.4) is 0 Å². The van der Waals surface area contributed by atoms with E-state index in [0.717, 1.165) is 5.56 Å². The SMILES string of the molecule is OC(Cc1ccc(Cl)cc1Cl)c1cccc(F)c1. The van der Waals surface area contributed by atoms with E-state index in [-0.39, 0.29) is 5.82 Å². The van der Waals surface area contributed by atoms with Gasteiger partial charge < -0.3 is 5.11 Å². The average Bonchev–Trinajstić information content (AvgIpc) is 2.32. The molecule has 0 aliphatic heterocycles. The Morgan fingerprint density at radius 1 is 1.11 bits per heavy atom. The highest BCUT2D eigenvalue weighted by Crippen LogP contribution is 2.26. The third kappa shape index (κ3) is 3.22. The van der Waals surface area contributed by atoms with Gasteiger partial charge in [0.1, 0.15) is 5.82 Å². The van der Waals surface area contributed by atoms with Gasteiger partial charge in [-0.2, -0.15) is 0 Å². The molecule has 0 fully saturated rings. The molecule has 2 rings (SSSR count). The molecule has 0 aliphatic rings. The lowest BCUT2D eigenvalue weighted by atomic mass is 10.0. The van der Waals surface area contributed by atoms with Crippen LogP contribution in [-0.4, -0.2) is 5.11 Å². The molecule has 94 valence electrons. The summed E-state index contributed by atoms with van der Waals surface area (Å²) in [5.74, 6) is -0.367. The van der Waals surface area contributed by atoms with Crippen LogP contribution in [0.4, 0.5) is 4.39 Å². The maximum atomic E-state index is 13.0. The Hall–Kier alpha value is -1.09. The molecule has 0 aromatic heterocycles. The summed E-state index contributed by atoms with van der Waals surface area (Å²) in [6.45, 7) is 0. The fourth-order valence-electron chi connectivity index (χ4n) is 1.73. The van der Waals surface area contributed by atoms with Crippen LogP contribution >= 0.6 is 23.2 Å². The summed E-state index contributed by atoms with van der Waals surface area (Å²) in [6.07, 6.45) is -0.473. The first-order chi connectivity index (χ1) is 8.56. The minimum atomic E-state index is -0.792. The van der Waals surface area contributed by atoms with E-state index in [1.807, 2.05) is 0 Å². The van der Waals surface area contributed by atoms with Crippen LogP contribution in [0.5, 0.6) is 0 Å². The molecule has 0 radical (unpaired) electrons. The van der Waals surface area contributed by atoms with Crippen molar-refractivity contribution in [3.05, 3.63) is 69.5 Å². The fraction of sp³-hybridized carbons (Fsp3) is 0.143. The molecule has 2 aromatic rings. The summed E-state index contributed by atoms with van der Waals surface area (Å²) < 4.78 is 13.0. The Bertz CT molecular complexity index is 557. The van der Waals surface area contributed by atoms with E-state index in [4.69, 9.17) is 23.2 Å². The highest BCUT2D eigenvalue weighted by Gasteiger charge is 2.11. The molecule has 0 saturated heterocycles. The number of halogens is 3. The first-order valence-corrected chi connectivity index (χ1v) is 6.19. The molecule has 1 nitrogen and oxygen atoms in total. The summed E-state index contributed by atoms with van der Waals surface area (Å²) in [5, 5.41) is 11.1. The standard InChI is InChI=1S/C14H11Cl2FO/c15-11-5-4-9(13(16)8-11)7-14(18)10-2-1-3-12(17)6-10/h1-6,8,14,18H,7H2. The predicted molar refractivity (Wildman–Crippen MR) is 71.5 cm³/mol. The van der Waals surface area contributed by atoms with Gasteiger partial charge in [0, 0.05) is 16.5 Å². The molecular weight excluding hydrogens is 274 g/mol. The molecular formula is C14H11Cl2FO. The van der Waals surface area contributed by atoms with E-state index in [2.05, 4.69) is 0 Å². The van der Waals surface area contributed by atoms with Crippen LogP contribution in [0.25, 0.3) is 0 Å². The van der Waals surface area contributed by atoms with Crippen molar-refractivity contribution in [3.63, 3.8) is 0 Å². The second kappa shape index (κ2) is 5.70. The summed E-state index contributed by atoms with van der Waals surface area (Å²) in [4.78, 5) is 0. The van der Waals surface area contributed by atoms with Crippen LogP contribution in [0.1, 0.15) is 17.2 Å². The van der Waals surface area contributed by atoms with Gasteiger partial charge in [0.2, 0.25) is 0 Å². The molecule has 0 saturated carbocycles. The van der Waals surface area contributed by atoms with Crippen LogP contribution in [0.2, 0.25) is 10.0 Å². The Morgan fingerprint density at radius 3 is 2.56 bits per heavy atom. The summed E-state index contributed by atoms with van der Waals surface area (Å²) in [5.41, 5.74) is 1.30. The van der Waals surface area contributed by atoms with Gasteiger partial charge in [-0.25, -0.2) is 4.39 Å². The van der Waals surface area contributed by atoms with E-state index in [0.29, 0.717) is 22.0 Å². The maximum Gasteiger partial charge on any atom is 0.123 e. The van der Waals surface area contributed by atoms with Crippen molar-refractivity contribution in [2.75, 3.05) is 0 Å². The summed E-state index contributed by atoms with van der Waals surface area (Å²) in [7, 11) is 0. The second-order valence-electron chi connectivity index (χ2n) is 4.01. The van der Waals surface area contributed by atoms with Gasteiger partial charge in [-0.3, -0.25) is 0 Å². The monoisotopic (exact) mass is 284 g/mol. The van der Waals surface area contributed by atoms with Crippen molar-refractivity contribution in [2.24, 2.45) is 0 Å². The molecule has 1 atom stereocenters. The molecule has 4 heteroatoms. The van der Waals surface area contributed by atoms with Crippen molar-refractivity contribution in [1.82, 2.24) is 0 Å². The normalized spacial score (nSPS) is 12.4. The molecule has 2 aromatic carbocycles. The Morgan fingerprint density at radius 2 is 1.89 bits per heavy atom. The quantitative estimate of drug-likeness (QED) is 0.885. The van der Waals surface area contributed by atoms with E-state index in [1.54, 1.807) is 30.3 Å². The van der Waals surface area contributed by atoms with Crippen LogP contribution < -0.4 is 0 Å². The van der Waals surface area contributed by atoms with Gasteiger partial charge >= 0.3 is 0 Å². The van der Waals surface area contributed by atoms with Crippen molar-refractivity contribution in [3.8, 4) is 0 Å². The van der Waals surface area contributed by atoms with Crippen molar-refractivity contribution >= 4 is 23.2 Å². The number of hydrogen-bond donors (Lipinski definition) is 1. The van der Waals surface area contributed by atoms with Crippen LogP contribution in [-0.2, 0) is 6.42 Å². The molecule has 0 bridgehead atoms. The van der Waals surface area contributed by atoms with Gasteiger partial charge in [0.15, 0.2) is 0 Å². The third-order valence-electron chi connectivity index (χ3n) is 2.66. The number of rotatable bonds is 3. The molecule has 1 N–H and O–H groups in total. The summed E-state index contributed by atoms with van der Waals surface area (Å²) in [6, 6.07) is 11.0. The zero-order valence-corrected chi connectivity index (χ0v) is 10.9. The number of aliphatic hydroxyl groups excluding tert-OH is 1. The minimum Gasteiger partial charge on any atom is -0.388 e. The molecule has 0 amide bonds. The molecule has 0 heterocycles. The van der Waals surface area contributed by atoms with Gasteiger partial charge in [-0.1, -0.05) is 41.4 Å². The molecule has 0 spiro atoms. The number of aliphatic hydroxyl groups is 1. The van der Waals surface area contributed by atoms with Gasteiger partial charge in [-0.05, 0) is 35.4 Å². The molecule has 1 unspecified atom stereocenters. The Labute approximate surface area is 115 Å². The average molecular weight is 285 g/mol. The lowest BCUT2D eigenvalue weighted by molar-refractivity contribution is 0.178. The highest BCUT2D eigenvalue weighted by molar-refractivity contribution is 6.35. The topological polar surface area (TPSA) is 20.2 Å². The first-order valence-electron chi connectivity index (χ1n) is 5.44. The van der Waals surface area contributed by atoms with E-state index in [9.17, 15) is 9.50 Å². The Kier molecular flexibility index (Phi) is 4.23. The van der Waals surface area contributed by atoms with E-state index < -0.39 is 6.10 Å². The predicted octanol–water partition coefficient (Wildman–Crippen LogP) is 4.41. The fourth-order valence-corrected chi connectivity index (χ4v) is 2.21. The van der Waals surface area contributed by atoms with E-state index in [1.165, 1.54) is 12.1 Å². The zero-order chi connectivity index (χ0) is 13.1. The Balaban J connectivity index is 2.18. The molecule has 18 heavy (non-hydrogen) atoms. The van der Waals surface area contributed by atoms with Gasteiger partial charge in [-0.15, -0.1) is 0 Å². The van der Waals surface area contributed by atoms with Crippen LogP contribution in [0, 0.1) is 5.82 Å². The van der Waals surface area contributed by atoms with Gasteiger partial charge in [0.05, 0.1) is 6.10 Å². The second-order valence-corrected chi connectivity index (χ2v) is 4.85. The maximum absolute atomic E-state index is 13.0. The van der Waals surface area contributed by atoms with Crippen molar-refractivity contribution < 1.29 is 9.50 Å². The first kappa shape index (κ1) is 13.3. The van der Waals surface area contributed by atoms with Gasteiger partial charge in [0.25, 0.3) is 0 Å². The number of benzene rings is 2. The minimum absolute atomic E-state index is 0.319. The molecule has 0 aliphatic carbocycles. The lowest BCUT2D eigenvalue weighted by Gasteiger charge is -2.12. The van der Waals surface area contributed by atoms with Crippen molar-refractivity contribution in [1.29, 1.82) is 0 Å². The van der Waals surface area contributed by atoms with Crippen LogP contribution in [0.15, 0.2) is 42.5 Å². The number of hydrogen-bond acceptors (Lipinski definition) is 1.